The van der Waals surface area contributed by atoms with E-state index < -0.39 is 0 Å². The van der Waals surface area contributed by atoms with Crippen LogP contribution in [0.25, 0.3) is 0 Å². The first-order valence-corrected chi connectivity index (χ1v) is 2.80. The van der Waals surface area contributed by atoms with Crippen LogP contribution in [0.5, 0.6) is 0 Å². The summed E-state index contributed by atoms with van der Waals surface area (Å²) in [4.78, 5) is 0. The Labute approximate surface area is 81.4 Å². The van der Waals surface area contributed by atoms with Crippen LogP contribution in [0.3, 0.4) is 0 Å². The van der Waals surface area contributed by atoms with Crippen molar-refractivity contribution in [2.75, 3.05) is 0 Å². The molecule has 0 radical (unpaired) electrons. The van der Waals surface area contributed by atoms with Gasteiger partial charge in [-0.25, -0.2) is 4.57 Å². The summed E-state index contributed by atoms with van der Waals surface area (Å²) in [5.74, 6) is 0.616. The van der Waals surface area contributed by atoms with Gasteiger partial charge in [-0.2, -0.15) is 0 Å². The molecule has 1 aromatic rings. The van der Waals surface area contributed by atoms with E-state index in [1.54, 1.807) is 22.6 Å². The van der Waals surface area contributed by atoms with E-state index in [-0.39, 0.29) is 24.0 Å². The van der Waals surface area contributed by atoms with Crippen molar-refractivity contribution in [3.63, 3.8) is 0 Å². The molecule has 0 bridgehead atoms. The third kappa shape index (κ3) is 2.45. The van der Waals surface area contributed by atoms with Gasteiger partial charge in [0.25, 0.3) is 0 Å². The second-order valence-electron chi connectivity index (χ2n) is 2.00. The number of aromatic nitrogens is 3. The van der Waals surface area contributed by atoms with E-state index in [9.17, 15) is 0 Å². The van der Waals surface area contributed by atoms with E-state index >= 15 is 0 Å². The number of aryl methyl sites for hydroxylation is 2. The molecule has 1 rings (SSSR count). The van der Waals surface area contributed by atoms with Crippen molar-refractivity contribution in [1.82, 2.24) is 9.78 Å². The minimum Gasteiger partial charge on any atom is -1.00 e. The van der Waals surface area contributed by atoms with E-state index in [2.05, 4.69) is 10.3 Å². The molecule has 0 aliphatic carbocycles. The summed E-state index contributed by atoms with van der Waals surface area (Å²) < 4.78 is 3.39. The van der Waals surface area contributed by atoms with Gasteiger partial charge in [-0.3, -0.25) is 0 Å². The number of oxime groups is 1. The molecule has 0 fully saturated rings. The Morgan fingerprint density at radius 1 is 1.82 bits per heavy atom. The van der Waals surface area contributed by atoms with Crippen molar-refractivity contribution < 1.29 is 33.8 Å². The molecule has 1 aromatic heterocycles. The van der Waals surface area contributed by atoms with Crippen molar-refractivity contribution in [2.24, 2.45) is 19.3 Å². The topological polar surface area (TPSA) is 54.3 Å². The highest BCUT2D eigenvalue weighted by molar-refractivity contribution is 5.71. The standard InChI is InChI=1S/C5H8N4O.HI/c1-8-4-9(2)7-5(8)3-6-10;/h3-4H,1-2H3;1H/b6-3-;. The molecule has 0 amide bonds. The average Bonchev–Trinajstić information content (AvgIpc) is 2.13. The Balaban J connectivity index is 0.000001000. The zero-order chi connectivity index (χ0) is 7.56. The average molecular weight is 268 g/mol. The molecule has 6 heteroatoms. The third-order valence-electron chi connectivity index (χ3n) is 1.14. The number of hydrogen-bond donors (Lipinski definition) is 1. The van der Waals surface area contributed by atoms with Crippen LogP contribution in [0.2, 0.25) is 0 Å². The van der Waals surface area contributed by atoms with Crippen LogP contribution in [-0.4, -0.2) is 21.2 Å². The first-order valence-electron chi connectivity index (χ1n) is 2.80. The molecular formula is C5H9IN4O. The zero-order valence-corrected chi connectivity index (χ0v) is 8.43. The van der Waals surface area contributed by atoms with E-state index in [0.29, 0.717) is 5.82 Å². The predicted molar refractivity (Wildman–Crippen MR) is 33.8 cm³/mol. The third-order valence-corrected chi connectivity index (χ3v) is 1.14. The molecule has 5 nitrogen and oxygen atoms in total. The Morgan fingerprint density at radius 3 is 2.82 bits per heavy atom. The van der Waals surface area contributed by atoms with Crippen LogP contribution in [0.15, 0.2) is 11.5 Å². The van der Waals surface area contributed by atoms with Crippen LogP contribution in [0, 0.1) is 0 Å². The van der Waals surface area contributed by atoms with Gasteiger partial charge in [-0.1, -0.05) is 5.16 Å². The predicted octanol–water partition coefficient (Wildman–Crippen LogP) is -3.94. The van der Waals surface area contributed by atoms with E-state index in [1.807, 2.05) is 7.05 Å². The molecule has 11 heavy (non-hydrogen) atoms. The molecule has 0 aromatic carbocycles. The summed E-state index contributed by atoms with van der Waals surface area (Å²) in [5, 5.41) is 15.0. The lowest BCUT2D eigenvalue weighted by Gasteiger charge is -1.77. The van der Waals surface area contributed by atoms with E-state index in [1.165, 1.54) is 6.21 Å². The van der Waals surface area contributed by atoms with Crippen molar-refractivity contribution in [2.45, 2.75) is 0 Å². The quantitative estimate of drug-likeness (QED) is 0.186. The number of halogens is 1. The fourth-order valence-electron chi connectivity index (χ4n) is 0.736. The maximum absolute atomic E-state index is 8.16. The first kappa shape index (κ1) is 10.3. The normalized spacial score (nSPS) is 10.0. The smallest absolute Gasteiger partial charge is 0.323 e. The molecule has 0 aliphatic heterocycles. The number of nitrogens with zero attached hydrogens (tertiary/aromatic N) is 4. The summed E-state index contributed by atoms with van der Waals surface area (Å²) in [6.45, 7) is 0. The summed E-state index contributed by atoms with van der Waals surface area (Å²) >= 11 is 0. The van der Waals surface area contributed by atoms with Gasteiger partial charge in [-0.05, 0) is 0 Å². The zero-order valence-electron chi connectivity index (χ0n) is 6.27. The van der Waals surface area contributed by atoms with Gasteiger partial charge >= 0.3 is 5.82 Å². The van der Waals surface area contributed by atoms with Crippen LogP contribution in [0.4, 0.5) is 0 Å². The van der Waals surface area contributed by atoms with Crippen molar-refractivity contribution in [1.29, 1.82) is 0 Å². The Kier molecular flexibility index (Phi) is 4.01. The molecule has 0 spiro atoms. The molecule has 1 N–H and O–H groups in total. The maximum Gasteiger partial charge on any atom is 0.323 e. The lowest BCUT2D eigenvalue weighted by atomic mass is 10.7. The molecule has 0 saturated heterocycles. The summed E-state index contributed by atoms with van der Waals surface area (Å²) in [6, 6.07) is 0. The van der Waals surface area contributed by atoms with Crippen LogP contribution >= 0.6 is 0 Å². The lowest BCUT2D eigenvalue weighted by Crippen LogP contribution is -3.00. The monoisotopic (exact) mass is 268 g/mol. The van der Waals surface area contributed by atoms with Gasteiger partial charge in [0, 0.05) is 5.10 Å². The van der Waals surface area contributed by atoms with Gasteiger partial charge in [0.15, 0.2) is 0 Å². The summed E-state index contributed by atoms with van der Waals surface area (Å²) in [5.41, 5.74) is 0. The van der Waals surface area contributed by atoms with Crippen molar-refractivity contribution in [3.05, 3.63) is 12.2 Å². The maximum atomic E-state index is 8.16. The molecule has 0 saturated carbocycles. The fraction of sp³-hybridized carbons (Fsp3) is 0.400. The van der Waals surface area contributed by atoms with Gasteiger partial charge < -0.3 is 29.2 Å². The highest BCUT2D eigenvalue weighted by Crippen LogP contribution is 1.77. The van der Waals surface area contributed by atoms with Crippen molar-refractivity contribution >= 4 is 6.21 Å². The van der Waals surface area contributed by atoms with Crippen LogP contribution < -0.4 is 28.5 Å². The van der Waals surface area contributed by atoms with Crippen molar-refractivity contribution in [3.8, 4) is 0 Å². The molecule has 62 valence electrons. The summed E-state index contributed by atoms with van der Waals surface area (Å²) in [7, 11) is 3.62. The molecule has 1 heterocycles. The second-order valence-corrected chi connectivity index (χ2v) is 2.00. The van der Waals surface area contributed by atoms with Crippen LogP contribution in [-0.2, 0) is 14.1 Å². The number of rotatable bonds is 1. The van der Waals surface area contributed by atoms with Gasteiger partial charge in [0.05, 0.1) is 14.1 Å². The molecular weight excluding hydrogens is 259 g/mol. The minimum atomic E-state index is 0. The molecule has 0 unspecified atom stereocenters. The lowest BCUT2D eigenvalue weighted by molar-refractivity contribution is -0.673. The van der Waals surface area contributed by atoms with Gasteiger partial charge in [-0.15, -0.1) is 4.68 Å². The summed E-state index contributed by atoms with van der Waals surface area (Å²) in [6.07, 6.45) is 3.05. The SMILES string of the molecule is Cn1c[n+](C)c(/C=N\O)n1.[I-]. The molecule has 0 atom stereocenters. The fourth-order valence-corrected chi connectivity index (χ4v) is 0.736. The van der Waals surface area contributed by atoms with Gasteiger partial charge in [0.2, 0.25) is 6.33 Å². The van der Waals surface area contributed by atoms with E-state index in [4.69, 9.17) is 5.21 Å². The highest BCUT2D eigenvalue weighted by atomic mass is 127. The molecule has 0 aliphatic rings. The number of hydrogen-bond acceptors (Lipinski definition) is 3. The van der Waals surface area contributed by atoms with E-state index in [0.717, 1.165) is 0 Å². The highest BCUT2D eigenvalue weighted by Gasteiger charge is 2.07. The largest absolute Gasteiger partial charge is 1.00 e. The minimum absolute atomic E-state index is 0. The first-order chi connectivity index (χ1) is 4.74. The van der Waals surface area contributed by atoms with Gasteiger partial charge in [0.1, 0.15) is 6.21 Å². The van der Waals surface area contributed by atoms with Crippen LogP contribution in [0.1, 0.15) is 5.82 Å². The second kappa shape index (κ2) is 4.27. The Hall–Kier alpha value is -0.660. The Morgan fingerprint density at radius 2 is 2.45 bits per heavy atom. The Bertz CT molecular complexity index is 257.